The molecular weight excluding hydrogens is 532 g/mol. The second kappa shape index (κ2) is 8.36. The summed E-state index contributed by atoms with van der Waals surface area (Å²) in [7, 11) is 9.19. The molecule has 4 aromatic rings. The minimum absolute atomic E-state index is 0.906. The van der Waals surface area contributed by atoms with Gasteiger partial charge in [-0.05, 0) is 32.9 Å². The van der Waals surface area contributed by atoms with E-state index in [0.29, 0.717) is 0 Å². The average molecular weight is 549 g/mol. The molecule has 0 aliphatic rings. The molecule has 4 heteroatoms. The molecule has 1 unspecified atom stereocenters. The molecule has 4 rings (SSSR count). The van der Waals surface area contributed by atoms with Crippen molar-refractivity contribution in [3.8, 4) is 16.9 Å². The van der Waals surface area contributed by atoms with Gasteiger partial charge in [0.25, 0.3) is 0 Å². The molecule has 0 amide bonds. The molecule has 130 valence electrons. The van der Waals surface area contributed by atoms with E-state index in [1.807, 2.05) is 0 Å². The van der Waals surface area contributed by atoms with Gasteiger partial charge in [-0.2, -0.15) is 0 Å². The predicted molar refractivity (Wildman–Crippen MR) is 109 cm³/mol. The second-order valence-corrected chi connectivity index (χ2v) is 6.24. The van der Waals surface area contributed by atoms with Crippen molar-refractivity contribution in [2.75, 3.05) is 7.11 Å². The van der Waals surface area contributed by atoms with Crippen molar-refractivity contribution in [2.24, 2.45) is 0 Å². The summed E-state index contributed by atoms with van der Waals surface area (Å²) in [6.07, 6.45) is 0. The average Bonchev–Trinajstić information content (AvgIpc) is 2.69. The van der Waals surface area contributed by atoms with E-state index < -0.39 is 0 Å². The van der Waals surface area contributed by atoms with E-state index in [-0.39, 0.29) is 0 Å². The summed E-state index contributed by atoms with van der Waals surface area (Å²) < 4.78 is 5.70. The monoisotopic (exact) mass is 548 g/mol. The molecule has 0 N–H and O–H groups in total. The first kappa shape index (κ1) is 18.5. The molecule has 1 nitrogen and oxygen atoms in total. The third kappa shape index (κ3) is 3.49. The summed E-state index contributed by atoms with van der Waals surface area (Å²) in [6.45, 7) is 0. The summed E-state index contributed by atoms with van der Waals surface area (Å²) >= 11 is 1.75. The van der Waals surface area contributed by atoms with Crippen LogP contribution in [0.4, 0.5) is 0 Å². The van der Waals surface area contributed by atoms with Gasteiger partial charge in [0.05, 0.1) is 7.11 Å². The normalized spacial score (nSPS) is 10.4. The van der Waals surface area contributed by atoms with Gasteiger partial charge in [-0.1, -0.05) is 66.7 Å². The number of halogens is 1. The van der Waals surface area contributed by atoms with Crippen LogP contribution in [-0.4, -0.2) is 7.11 Å². The summed E-state index contributed by atoms with van der Waals surface area (Å²) in [5.41, 5.74) is 2.38. The molecule has 0 heterocycles. The van der Waals surface area contributed by atoms with Crippen molar-refractivity contribution in [1.29, 1.82) is 0 Å². The first-order chi connectivity index (χ1) is 12.3. The minimum atomic E-state index is 0.906. The van der Waals surface area contributed by atoms with Gasteiger partial charge >= 0.3 is 29.2 Å². The fourth-order valence-electron chi connectivity index (χ4n) is 3.25. The molecule has 0 fully saturated rings. The van der Waals surface area contributed by atoms with Crippen LogP contribution in [0.1, 0.15) is 0 Å². The summed E-state index contributed by atoms with van der Waals surface area (Å²) in [5.74, 6) is 0.906. The van der Waals surface area contributed by atoms with Crippen molar-refractivity contribution in [1.82, 2.24) is 0 Å². The third-order valence-corrected chi connectivity index (χ3v) is 4.80. The molecular formula is C21H17AuClOP. The van der Waals surface area contributed by atoms with Crippen molar-refractivity contribution in [3.63, 3.8) is 0 Å². The molecule has 0 aliphatic carbocycles. The van der Waals surface area contributed by atoms with Gasteiger partial charge in [-0.25, -0.2) is 0 Å². The van der Waals surface area contributed by atoms with Crippen LogP contribution in [0.5, 0.6) is 5.75 Å². The van der Waals surface area contributed by atoms with E-state index in [9.17, 15) is 0 Å². The van der Waals surface area contributed by atoms with E-state index in [1.54, 1.807) is 27.1 Å². The molecule has 0 radical (unpaired) electrons. The molecule has 0 spiro atoms. The zero-order valence-electron chi connectivity index (χ0n) is 13.6. The standard InChI is InChI=1S/C21H17OP.Au.ClH/c1-22-18-12-10-14-6-2-4-8-16(14)20(18)21-17-9-5-3-7-15(17)11-13-19(21)23;;/h2-13H,23H2,1H3;;1H/q;+1;/p-1. The Morgan fingerprint density at radius 3 is 1.84 bits per heavy atom. The van der Waals surface area contributed by atoms with Crippen molar-refractivity contribution < 1.29 is 24.7 Å². The number of hydrogen-bond donors (Lipinski definition) is 0. The van der Waals surface area contributed by atoms with Crippen LogP contribution in [-0.2, 0) is 20.0 Å². The van der Waals surface area contributed by atoms with E-state index in [2.05, 4.69) is 91.2 Å². The first-order valence-corrected chi connectivity index (χ1v) is 11.0. The van der Waals surface area contributed by atoms with Crippen LogP contribution in [0.3, 0.4) is 0 Å². The summed E-state index contributed by atoms with van der Waals surface area (Å²) in [5, 5.41) is 6.10. The van der Waals surface area contributed by atoms with Gasteiger partial charge in [-0.15, -0.1) is 9.24 Å². The van der Waals surface area contributed by atoms with Crippen LogP contribution in [0, 0.1) is 0 Å². The third-order valence-electron chi connectivity index (χ3n) is 4.32. The van der Waals surface area contributed by atoms with Crippen LogP contribution in [0.15, 0.2) is 72.8 Å². The van der Waals surface area contributed by atoms with Gasteiger partial charge < -0.3 is 4.74 Å². The molecule has 0 aliphatic heterocycles. The van der Waals surface area contributed by atoms with Crippen LogP contribution >= 0.6 is 18.4 Å². The Kier molecular flexibility index (Phi) is 6.17. The van der Waals surface area contributed by atoms with E-state index in [4.69, 9.17) is 4.74 Å². The zero-order chi connectivity index (χ0) is 17.8. The molecule has 0 bridgehead atoms. The Hall–Kier alpha value is -1.34. The van der Waals surface area contributed by atoms with Gasteiger partial charge in [0, 0.05) is 11.1 Å². The maximum atomic E-state index is 5.70. The Balaban J connectivity index is 0.000000880. The Morgan fingerprint density at radius 2 is 1.24 bits per heavy atom. The van der Waals surface area contributed by atoms with E-state index in [1.165, 1.54) is 32.4 Å². The fraction of sp³-hybridized carbons (Fsp3) is 0.0476. The van der Waals surface area contributed by atoms with Crippen molar-refractivity contribution >= 4 is 45.3 Å². The number of hydrogen-bond acceptors (Lipinski definition) is 1. The number of fused-ring (bicyclic) bond motifs is 2. The van der Waals surface area contributed by atoms with E-state index >= 15 is 0 Å². The maximum absolute atomic E-state index is 5.70. The number of benzene rings is 4. The topological polar surface area (TPSA) is 9.23 Å². The zero-order valence-corrected chi connectivity index (χ0v) is 17.7. The van der Waals surface area contributed by atoms with Crippen LogP contribution < -0.4 is 10.0 Å². The van der Waals surface area contributed by atoms with Crippen molar-refractivity contribution in [2.45, 2.75) is 0 Å². The van der Waals surface area contributed by atoms with Crippen LogP contribution in [0.2, 0.25) is 0 Å². The number of methoxy groups -OCH3 is 1. The first-order valence-electron chi connectivity index (χ1n) is 7.74. The fourth-order valence-corrected chi connectivity index (χ4v) is 3.64. The van der Waals surface area contributed by atoms with Gasteiger partial charge in [-0.3, -0.25) is 0 Å². The second-order valence-electron chi connectivity index (χ2n) is 5.61. The molecule has 0 saturated carbocycles. The number of ether oxygens (including phenoxy) is 1. The van der Waals surface area contributed by atoms with Gasteiger partial charge in [0.1, 0.15) is 5.75 Å². The predicted octanol–water partition coefficient (Wildman–Crippen LogP) is 5.86. The SMILES string of the molecule is COc1ccc2ccccc2c1-c1c(P)ccc2ccccc12.[Cl][Au]. The Bertz CT molecular complexity index is 1030. The molecule has 0 aromatic heterocycles. The van der Waals surface area contributed by atoms with Crippen LogP contribution in [0.25, 0.3) is 32.7 Å². The Morgan fingerprint density at radius 1 is 0.720 bits per heavy atom. The van der Waals surface area contributed by atoms with Gasteiger partial charge in [0.2, 0.25) is 0 Å². The quantitative estimate of drug-likeness (QED) is 0.225. The van der Waals surface area contributed by atoms with E-state index in [0.717, 1.165) is 11.3 Å². The Labute approximate surface area is 166 Å². The van der Waals surface area contributed by atoms with Crippen molar-refractivity contribution in [3.05, 3.63) is 72.8 Å². The number of rotatable bonds is 2. The summed E-state index contributed by atoms with van der Waals surface area (Å²) in [4.78, 5) is 0. The molecule has 0 saturated heterocycles. The summed E-state index contributed by atoms with van der Waals surface area (Å²) in [6, 6.07) is 25.5. The van der Waals surface area contributed by atoms with Gasteiger partial charge in [0.15, 0.2) is 0 Å². The molecule has 1 atom stereocenters. The molecule has 25 heavy (non-hydrogen) atoms. The molecule has 4 aromatic carbocycles.